The van der Waals surface area contributed by atoms with Gasteiger partial charge in [-0.2, -0.15) is 8.42 Å². The van der Waals surface area contributed by atoms with Crippen molar-refractivity contribution in [3.63, 3.8) is 0 Å². The molecule has 0 aromatic carbocycles. The number of carbonyl (C=O) groups is 2. The van der Waals surface area contributed by atoms with Gasteiger partial charge in [-0.25, -0.2) is 0 Å². The molecule has 350 valence electrons. The molecule has 1 aliphatic heterocycles. The fourth-order valence-electron chi connectivity index (χ4n) is 5.88. The summed E-state index contributed by atoms with van der Waals surface area (Å²) in [5.41, 5.74) is 0. The van der Waals surface area contributed by atoms with Gasteiger partial charge in [-0.05, 0) is 89.9 Å². The van der Waals surface area contributed by atoms with Crippen LogP contribution in [0.15, 0.2) is 109 Å². The summed E-state index contributed by atoms with van der Waals surface area (Å²) in [5.74, 6) is -2.12. The number of ether oxygens (including phenoxy) is 4. The predicted octanol–water partition coefficient (Wildman–Crippen LogP) is 9.22. The first kappa shape index (κ1) is 56.3. The molecular weight excluding hydrogens is 813 g/mol. The summed E-state index contributed by atoms with van der Waals surface area (Å²) in [7, 11) is -4.62. The molecule has 1 aliphatic rings. The Hall–Kier alpha value is -3.69. The van der Waals surface area contributed by atoms with Crippen molar-refractivity contribution < 1.29 is 56.8 Å². The maximum atomic E-state index is 12.8. The van der Waals surface area contributed by atoms with E-state index >= 15 is 0 Å². The molecule has 1 saturated heterocycles. The molecule has 0 amide bonds. The Morgan fingerprint density at radius 1 is 0.565 bits per heavy atom. The number of aliphatic hydroxyl groups is 3. The topological polar surface area (TPSA) is 186 Å². The van der Waals surface area contributed by atoms with Gasteiger partial charge in [0.15, 0.2) is 12.4 Å². The zero-order chi connectivity index (χ0) is 45.5. The first-order chi connectivity index (χ1) is 30.0. The second kappa shape index (κ2) is 37.8. The van der Waals surface area contributed by atoms with Gasteiger partial charge in [0.1, 0.15) is 36.8 Å². The Bertz CT molecular complexity index is 1560. The maximum absolute atomic E-state index is 12.8. The molecule has 1 rings (SSSR count). The Balaban J connectivity index is 2.53. The first-order valence-electron chi connectivity index (χ1n) is 22.4. The lowest BCUT2D eigenvalue weighted by atomic mass is 10.00. The molecule has 0 bridgehead atoms. The molecule has 1 heterocycles. The predicted molar refractivity (Wildman–Crippen MR) is 247 cm³/mol. The summed E-state index contributed by atoms with van der Waals surface area (Å²) in [5, 5.41) is 30.9. The summed E-state index contributed by atoms with van der Waals surface area (Å²) < 4.78 is 54.0. The van der Waals surface area contributed by atoms with Crippen molar-refractivity contribution in [3.05, 3.63) is 109 Å². The molecule has 0 aromatic rings. The van der Waals surface area contributed by atoms with E-state index in [0.29, 0.717) is 19.3 Å². The number of hydrogen-bond donors (Lipinski definition) is 4. The Morgan fingerprint density at radius 2 is 1.03 bits per heavy atom. The van der Waals surface area contributed by atoms with Crippen molar-refractivity contribution in [1.82, 2.24) is 0 Å². The van der Waals surface area contributed by atoms with Crippen LogP contribution in [0.2, 0.25) is 0 Å². The van der Waals surface area contributed by atoms with Crippen LogP contribution in [-0.4, -0.2) is 96.0 Å². The minimum absolute atomic E-state index is 0.107. The lowest BCUT2D eigenvalue weighted by molar-refractivity contribution is -0.297. The highest BCUT2D eigenvalue weighted by Crippen LogP contribution is 2.24. The third kappa shape index (κ3) is 32.1. The Kier molecular flexibility index (Phi) is 34.4. The zero-order valence-electron chi connectivity index (χ0n) is 37.2. The van der Waals surface area contributed by atoms with Crippen LogP contribution >= 0.6 is 0 Å². The molecule has 0 aliphatic carbocycles. The molecule has 62 heavy (non-hydrogen) atoms. The minimum Gasteiger partial charge on any atom is -0.462 e. The molecule has 12 nitrogen and oxygen atoms in total. The third-order valence-electron chi connectivity index (χ3n) is 9.32. The fourth-order valence-corrected chi connectivity index (χ4v) is 6.57. The number of allylic oxidation sites excluding steroid dienone is 18. The van der Waals surface area contributed by atoms with E-state index < -0.39 is 71.2 Å². The van der Waals surface area contributed by atoms with E-state index in [2.05, 4.69) is 111 Å². The number of esters is 2. The lowest BCUT2D eigenvalue weighted by Crippen LogP contribution is -2.60. The Labute approximate surface area is 372 Å². The molecule has 4 N–H and O–H groups in total. The maximum Gasteiger partial charge on any atom is 0.306 e. The van der Waals surface area contributed by atoms with Gasteiger partial charge in [0.2, 0.25) is 0 Å². The van der Waals surface area contributed by atoms with Crippen LogP contribution < -0.4 is 0 Å². The molecule has 0 saturated carbocycles. The lowest BCUT2D eigenvalue weighted by Gasteiger charge is -2.40. The highest BCUT2D eigenvalue weighted by atomic mass is 32.2. The number of carbonyl (C=O) groups excluding carboxylic acids is 2. The van der Waals surface area contributed by atoms with Crippen molar-refractivity contribution in [1.29, 1.82) is 0 Å². The molecule has 1 fully saturated rings. The zero-order valence-corrected chi connectivity index (χ0v) is 38.0. The molecule has 0 radical (unpaired) electrons. The van der Waals surface area contributed by atoms with E-state index in [1.54, 1.807) is 0 Å². The quantitative estimate of drug-likeness (QED) is 0.0205. The van der Waals surface area contributed by atoms with E-state index in [1.807, 2.05) is 12.2 Å². The normalized spacial score (nSPS) is 20.9. The molecule has 0 spiro atoms. The third-order valence-corrected chi connectivity index (χ3v) is 10.1. The van der Waals surface area contributed by atoms with Crippen LogP contribution in [-0.2, 0) is 38.7 Å². The summed E-state index contributed by atoms with van der Waals surface area (Å²) in [4.78, 5) is 25.4. The molecule has 13 heteroatoms. The van der Waals surface area contributed by atoms with Crippen molar-refractivity contribution in [3.8, 4) is 0 Å². The van der Waals surface area contributed by atoms with E-state index in [1.165, 1.54) is 6.42 Å². The van der Waals surface area contributed by atoms with Gasteiger partial charge in [-0.15, -0.1) is 0 Å². The average molecular weight is 889 g/mol. The molecule has 2 unspecified atom stereocenters. The molecular formula is C49H76O12S. The van der Waals surface area contributed by atoms with Gasteiger partial charge < -0.3 is 34.3 Å². The summed E-state index contributed by atoms with van der Waals surface area (Å²) in [6.07, 6.45) is 42.8. The fraction of sp³-hybridized carbons (Fsp3) is 0.592. The van der Waals surface area contributed by atoms with Gasteiger partial charge in [-0.3, -0.25) is 14.1 Å². The number of unbranched alkanes of at least 4 members (excludes halogenated alkanes) is 5. The van der Waals surface area contributed by atoms with Gasteiger partial charge in [0.25, 0.3) is 10.1 Å². The van der Waals surface area contributed by atoms with E-state index in [4.69, 9.17) is 18.9 Å². The van der Waals surface area contributed by atoms with Crippen LogP contribution in [0.4, 0.5) is 0 Å². The largest absolute Gasteiger partial charge is 0.462 e. The van der Waals surface area contributed by atoms with Crippen LogP contribution in [0.25, 0.3) is 0 Å². The second-order valence-corrected chi connectivity index (χ2v) is 16.5. The SMILES string of the molecule is CC/C=C/C/C=C/C/C=C/C/C=C/C/C=C/CCCC(=O)OC[C@H](CO[C@H]1O[C@H](CS(=O)(=O)O)[C@@H](O)C(O)C1O)OC(=O)CCCCC/C=C/C/C=C/C/C=C/C/C=C/CCC. The van der Waals surface area contributed by atoms with Crippen molar-refractivity contribution in [2.45, 2.75) is 166 Å². The van der Waals surface area contributed by atoms with Crippen LogP contribution in [0.5, 0.6) is 0 Å². The van der Waals surface area contributed by atoms with Gasteiger partial charge in [0, 0.05) is 12.8 Å². The van der Waals surface area contributed by atoms with Crippen molar-refractivity contribution >= 4 is 22.1 Å². The monoisotopic (exact) mass is 889 g/mol. The van der Waals surface area contributed by atoms with Crippen LogP contribution in [0.1, 0.15) is 129 Å². The van der Waals surface area contributed by atoms with Crippen LogP contribution in [0, 0.1) is 0 Å². The van der Waals surface area contributed by atoms with Crippen molar-refractivity contribution in [2.75, 3.05) is 19.0 Å². The number of hydrogen-bond acceptors (Lipinski definition) is 11. The van der Waals surface area contributed by atoms with E-state index in [-0.39, 0.29) is 19.4 Å². The minimum atomic E-state index is -4.62. The van der Waals surface area contributed by atoms with Gasteiger partial charge >= 0.3 is 11.9 Å². The summed E-state index contributed by atoms with van der Waals surface area (Å²) >= 11 is 0. The molecule has 6 atom stereocenters. The summed E-state index contributed by atoms with van der Waals surface area (Å²) in [6.45, 7) is 3.48. The number of aliphatic hydroxyl groups excluding tert-OH is 3. The first-order valence-corrected chi connectivity index (χ1v) is 24.1. The average Bonchev–Trinajstić information content (AvgIpc) is 3.24. The van der Waals surface area contributed by atoms with Crippen LogP contribution in [0.3, 0.4) is 0 Å². The highest BCUT2D eigenvalue weighted by molar-refractivity contribution is 7.85. The standard InChI is InChI=1S/C49H76O12S/c1-3-5-7-9-11-13-15-17-19-21-23-25-27-29-31-33-35-37-44(50)58-39-42(40-59-49-48(54)47(53)46(52)43(61-49)41-62(55,56)57)60-45(51)38-36-34-32-30-28-26-24-22-20-18-16-14-12-10-8-6-4-2/h5,7-8,10-11,13-14,16-17,19-20,22-23,25-26,28-29,31,42-43,46-49,52-54H,3-4,6,9,12,15,18,21,24,27,30,32-41H2,1-2H3,(H,55,56,57)/b7-5+,10-8+,13-11+,16-14+,19-17+,22-20+,25-23+,28-26+,31-29+/t42-,43-,46-,47?,48?,49+/m1/s1. The second-order valence-electron chi connectivity index (χ2n) is 15.0. The number of rotatable bonds is 35. The smallest absolute Gasteiger partial charge is 0.306 e. The van der Waals surface area contributed by atoms with E-state index in [9.17, 15) is 37.9 Å². The summed E-state index contributed by atoms with van der Waals surface area (Å²) in [6, 6.07) is 0. The van der Waals surface area contributed by atoms with Crippen molar-refractivity contribution in [2.24, 2.45) is 0 Å². The van der Waals surface area contributed by atoms with E-state index in [0.717, 1.165) is 77.0 Å². The molecule has 0 aromatic heterocycles. The Morgan fingerprint density at radius 3 is 1.53 bits per heavy atom. The van der Waals surface area contributed by atoms with Gasteiger partial charge in [-0.1, -0.05) is 136 Å². The highest BCUT2D eigenvalue weighted by Gasteiger charge is 2.46. The van der Waals surface area contributed by atoms with Gasteiger partial charge in [0.05, 0.1) is 6.61 Å².